The Labute approximate surface area is 253 Å². The number of ether oxygens (including phenoxy) is 1. The first-order valence-electron chi connectivity index (χ1n) is 12.5. The monoisotopic (exact) mass is 620 g/mol. The molecule has 2 unspecified atom stereocenters. The highest BCUT2D eigenvalue weighted by molar-refractivity contribution is 6.39. The van der Waals surface area contributed by atoms with Crippen LogP contribution in [-0.2, 0) is 12.0 Å². The fourth-order valence-electron chi connectivity index (χ4n) is 5.19. The van der Waals surface area contributed by atoms with Crippen LogP contribution in [-0.4, -0.2) is 22.8 Å². The van der Waals surface area contributed by atoms with Crippen molar-refractivity contribution in [3.8, 4) is 17.0 Å². The molecule has 0 radical (unpaired) electrons. The summed E-state index contributed by atoms with van der Waals surface area (Å²) >= 11 is 19.7. The Balaban J connectivity index is 0.00000370. The van der Waals surface area contributed by atoms with E-state index in [1.165, 1.54) is 0 Å². The van der Waals surface area contributed by atoms with Gasteiger partial charge in [-0.2, -0.15) is 0 Å². The predicted molar refractivity (Wildman–Crippen MR) is 161 cm³/mol. The van der Waals surface area contributed by atoms with Crippen LogP contribution in [0.25, 0.3) is 11.3 Å². The van der Waals surface area contributed by atoms with Gasteiger partial charge in [0, 0.05) is 28.5 Å². The second kappa shape index (κ2) is 12.0. The van der Waals surface area contributed by atoms with E-state index >= 15 is 0 Å². The molecule has 0 amide bonds. The smallest absolute Gasteiger partial charge is 0.335 e. The number of carbonyl (C=O) groups is 1. The number of benzene rings is 3. The molecule has 1 aliphatic rings. The van der Waals surface area contributed by atoms with Gasteiger partial charge in [0.25, 0.3) is 0 Å². The first-order valence-corrected chi connectivity index (χ1v) is 13.7. The van der Waals surface area contributed by atoms with E-state index in [2.05, 4.69) is 5.16 Å². The Bertz CT molecular complexity index is 1520. The summed E-state index contributed by atoms with van der Waals surface area (Å²) in [6.07, 6.45) is 0.830. The Kier molecular flexibility index (Phi) is 9.08. The molecule has 2 atom stereocenters. The zero-order chi connectivity index (χ0) is 27.9. The van der Waals surface area contributed by atoms with Crippen LogP contribution in [0.1, 0.15) is 64.9 Å². The minimum atomic E-state index is -0.955. The maximum absolute atomic E-state index is 11.2. The van der Waals surface area contributed by atoms with Gasteiger partial charge in [0.15, 0.2) is 0 Å². The van der Waals surface area contributed by atoms with Crippen molar-refractivity contribution in [1.82, 2.24) is 5.16 Å². The topological polar surface area (TPSA) is 98.6 Å². The Morgan fingerprint density at radius 2 is 1.77 bits per heavy atom. The average molecular weight is 622 g/mol. The SMILES string of the molecule is CC(C)c1onc(-c2c(Cl)cccc2Cl)c1COc1ccc(C2CC2(CN)c2ccc(C(=O)O)cc2)c(Cl)c1.Cl. The van der Waals surface area contributed by atoms with E-state index in [1.807, 2.05) is 38.1 Å². The third-order valence-electron chi connectivity index (χ3n) is 7.42. The van der Waals surface area contributed by atoms with Gasteiger partial charge < -0.3 is 20.1 Å². The highest BCUT2D eigenvalue weighted by Gasteiger charge is 2.55. The van der Waals surface area contributed by atoms with Gasteiger partial charge in [0.05, 0.1) is 21.2 Å². The highest BCUT2D eigenvalue weighted by atomic mass is 35.5. The summed E-state index contributed by atoms with van der Waals surface area (Å²) in [6, 6.07) is 17.9. The zero-order valence-corrected chi connectivity index (χ0v) is 24.9. The molecule has 40 heavy (non-hydrogen) atoms. The summed E-state index contributed by atoms with van der Waals surface area (Å²) in [5.41, 5.74) is 10.1. The maximum Gasteiger partial charge on any atom is 0.335 e. The molecule has 4 aromatic rings. The number of nitrogens with two attached hydrogens (primary N) is 1. The Morgan fingerprint density at radius 1 is 1.10 bits per heavy atom. The number of hydrogen-bond acceptors (Lipinski definition) is 5. The first-order chi connectivity index (χ1) is 18.7. The first kappa shape index (κ1) is 30.2. The maximum atomic E-state index is 11.2. The number of aromatic nitrogens is 1. The van der Waals surface area contributed by atoms with Gasteiger partial charge in [0.1, 0.15) is 23.8 Å². The van der Waals surface area contributed by atoms with Crippen molar-refractivity contribution >= 4 is 53.2 Å². The van der Waals surface area contributed by atoms with Crippen molar-refractivity contribution in [3.05, 3.63) is 104 Å². The van der Waals surface area contributed by atoms with Crippen molar-refractivity contribution < 1.29 is 19.2 Å². The van der Waals surface area contributed by atoms with Crippen LogP contribution in [0.15, 0.2) is 65.2 Å². The normalized spacial score (nSPS) is 17.9. The number of carboxylic acid groups (broad SMARTS) is 1. The van der Waals surface area contributed by atoms with Crippen LogP contribution in [0.5, 0.6) is 5.75 Å². The van der Waals surface area contributed by atoms with Gasteiger partial charge in [-0.15, -0.1) is 12.4 Å². The summed E-state index contributed by atoms with van der Waals surface area (Å²) in [5.74, 6) is 0.535. The van der Waals surface area contributed by atoms with Crippen molar-refractivity contribution in [2.45, 2.75) is 44.1 Å². The summed E-state index contributed by atoms with van der Waals surface area (Å²) in [7, 11) is 0. The van der Waals surface area contributed by atoms with Crippen LogP contribution >= 0.6 is 47.2 Å². The minimum Gasteiger partial charge on any atom is -0.489 e. The van der Waals surface area contributed by atoms with Crippen molar-refractivity contribution in [2.24, 2.45) is 5.73 Å². The number of hydrogen-bond donors (Lipinski definition) is 2. The van der Waals surface area contributed by atoms with Crippen LogP contribution in [0.2, 0.25) is 15.1 Å². The quantitative estimate of drug-likeness (QED) is 0.194. The van der Waals surface area contributed by atoms with E-state index in [-0.39, 0.29) is 41.8 Å². The third-order valence-corrected chi connectivity index (χ3v) is 8.38. The molecule has 0 spiro atoms. The van der Waals surface area contributed by atoms with Crippen molar-refractivity contribution in [2.75, 3.05) is 6.54 Å². The van der Waals surface area contributed by atoms with E-state index in [0.717, 1.165) is 23.1 Å². The number of nitrogens with zero attached hydrogens (tertiary/aromatic N) is 1. The highest BCUT2D eigenvalue weighted by Crippen LogP contribution is 2.61. The molecule has 0 bridgehead atoms. The molecular weight excluding hydrogens is 594 g/mol. The lowest BCUT2D eigenvalue weighted by atomic mass is 9.90. The lowest BCUT2D eigenvalue weighted by Crippen LogP contribution is -2.22. The summed E-state index contributed by atoms with van der Waals surface area (Å²) in [6.45, 7) is 4.65. The summed E-state index contributed by atoms with van der Waals surface area (Å²) in [5, 5.41) is 15.0. The van der Waals surface area contributed by atoms with Crippen LogP contribution in [0.3, 0.4) is 0 Å². The fraction of sp³-hybridized carbons (Fsp3) is 0.267. The van der Waals surface area contributed by atoms with E-state index in [1.54, 1.807) is 36.4 Å². The molecule has 6 nitrogen and oxygen atoms in total. The lowest BCUT2D eigenvalue weighted by Gasteiger charge is -2.17. The van der Waals surface area contributed by atoms with Gasteiger partial charge in [-0.1, -0.05) is 78.1 Å². The van der Waals surface area contributed by atoms with Gasteiger partial charge >= 0.3 is 5.97 Å². The second-order valence-corrected chi connectivity index (χ2v) is 11.3. The molecule has 1 heterocycles. The molecule has 10 heteroatoms. The molecular formula is C30H28Cl4N2O4. The fourth-order valence-corrected chi connectivity index (χ4v) is 6.07. The van der Waals surface area contributed by atoms with E-state index in [4.69, 9.17) is 49.8 Å². The predicted octanol–water partition coefficient (Wildman–Crippen LogP) is 8.51. The number of rotatable bonds is 9. The molecule has 3 N–H and O–H groups in total. The van der Waals surface area contributed by atoms with Gasteiger partial charge in [-0.25, -0.2) is 4.79 Å². The molecule has 5 rings (SSSR count). The minimum absolute atomic E-state index is 0. The molecule has 1 fully saturated rings. The Morgan fingerprint density at radius 3 is 2.35 bits per heavy atom. The lowest BCUT2D eigenvalue weighted by molar-refractivity contribution is 0.0697. The second-order valence-electron chi connectivity index (χ2n) is 10.1. The van der Waals surface area contributed by atoms with Gasteiger partial charge in [-0.3, -0.25) is 0 Å². The van der Waals surface area contributed by atoms with Crippen molar-refractivity contribution in [1.29, 1.82) is 0 Å². The number of aromatic carboxylic acids is 1. The zero-order valence-electron chi connectivity index (χ0n) is 21.8. The molecule has 210 valence electrons. The van der Waals surface area contributed by atoms with Crippen molar-refractivity contribution in [3.63, 3.8) is 0 Å². The number of carboxylic acids is 1. The van der Waals surface area contributed by atoms with E-state index in [0.29, 0.717) is 44.4 Å². The third kappa shape index (κ3) is 5.56. The average Bonchev–Trinajstić information content (AvgIpc) is 3.50. The molecule has 1 saturated carbocycles. The molecule has 0 saturated heterocycles. The molecule has 1 aliphatic carbocycles. The van der Waals surface area contributed by atoms with Gasteiger partial charge in [-0.05, 0) is 59.9 Å². The van der Waals surface area contributed by atoms with Crippen LogP contribution in [0.4, 0.5) is 0 Å². The number of halogens is 4. The summed E-state index contributed by atoms with van der Waals surface area (Å²) in [4.78, 5) is 11.2. The molecule has 1 aromatic heterocycles. The summed E-state index contributed by atoms with van der Waals surface area (Å²) < 4.78 is 11.8. The Hall–Kier alpha value is -2.74. The standard InChI is InChI=1S/C30H27Cl3N2O4.ClH/c1-16(2)28-21(27(35-39-28)26-23(31)4-3-5-24(26)32)14-38-19-10-11-20(25(33)12-19)22-13-30(22,15-34)18-8-6-17(7-9-18)29(36)37;/h3-12,16,22H,13-15,34H2,1-2H3,(H,36,37);1H. The molecule has 3 aromatic carbocycles. The van der Waals surface area contributed by atoms with Crippen LogP contribution < -0.4 is 10.5 Å². The largest absolute Gasteiger partial charge is 0.489 e. The van der Waals surface area contributed by atoms with E-state index in [9.17, 15) is 9.90 Å². The van der Waals surface area contributed by atoms with Gasteiger partial charge in [0.2, 0.25) is 0 Å². The van der Waals surface area contributed by atoms with E-state index < -0.39 is 5.97 Å². The van der Waals surface area contributed by atoms with Crippen LogP contribution in [0, 0.1) is 0 Å². The molecule has 0 aliphatic heterocycles.